The van der Waals surface area contributed by atoms with Gasteiger partial charge in [-0.1, -0.05) is 0 Å². The monoisotopic (exact) mass is 187 g/mol. The van der Waals surface area contributed by atoms with E-state index in [4.69, 9.17) is 0 Å². The van der Waals surface area contributed by atoms with Crippen molar-refractivity contribution in [2.24, 2.45) is 7.05 Å². The van der Waals surface area contributed by atoms with E-state index in [2.05, 4.69) is 10.4 Å². The summed E-state index contributed by atoms with van der Waals surface area (Å²) in [5, 5.41) is 6.82. The van der Waals surface area contributed by atoms with Crippen LogP contribution in [0.5, 0.6) is 0 Å². The van der Waals surface area contributed by atoms with Gasteiger partial charge in [-0.15, -0.1) is 0 Å². The molecule has 1 unspecified atom stereocenters. The van der Waals surface area contributed by atoms with E-state index < -0.39 is 6.43 Å². The lowest BCUT2D eigenvalue weighted by Gasteiger charge is -2.27. The van der Waals surface area contributed by atoms with E-state index in [-0.39, 0.29) is 11.7 Å². The summed E-state index contributed by atoms with van der Waals surface area (Å²) in [7, 11) is 1.66. The molecular formula is C8H11F2N3. The number of alkyl halides is 2. The fourth-order valence-corrected chi connectivity index (χ4v) is 1.52. The van der Waals surface area contributed by atoms with E-state index in [0.717, 1.165) is 13.0 Å². The molecule has 1 fully saturated rings. The second-order valence-electron chi connectivity index (χ2n) is 3.24. The van der Waals surface area contributed by atoms with Gasteiger partial charge in [-0.2, -0.15) is 5.10 Å². The van der Waals surface area contributed by atoms with Crippen molar-refractivity contribution in [1.29, 1.82) is 0 Å². The van der Waals surface area contributed by atoms with Gasteiger partial charge in [0.15, 0.2) is 0 Å². The fraction of sp³-hybridized carbons (Fsp3) is 0.625. The molecule has 0 aromatic carbocycles. The van der Waals surface area contributed by atoms with Crippen LogP contribution in [0.25, 0.3) is 0 Å². The first-order valence-corrected chi connectivity index (χ1v) is 4.23. The van der Waals surface area contributed by atoms with Crippen molar-refractivity contribution in [2.75, 3.05) is 6.54 Å². The quantitative estimate of drug-likeness (QED) is 0.758. The summed E-state index contributed by atoms with van der Waals surface area (Å²) in [5.74, 6) is 0. The molecule has 0 spiro atoms. The molecule has 1 aromatic heterocycles. The minimum absolute atomic E-state index is 0.0812. The van der Waals surface area contributed by atoms with Gasteiger partial charge in [0.25, 0.3) is 6.43 Å². The highest BCUT2D eigenvalue weighted by atomic mass is 19.3. The minimum Gasteiger partial charge on any atom is -0.310 e. The van der Waals surface area contributed by atoms with E-state index in [1.807, 2.05) is 0 Å². The largest absolute Gasteiger partial charge is 0.310 e. The normalized spacial score (nSPS) is 22.0. The van der Waals surface area contributed by atoms with Gasteiger partial charge in [0.05, 0.1) is 0 Å². The van der Waals surface area contributed by atoms with Gasteiger partial charge in [-0.05, 0) is 13.0 Å². The summed E-state index contributed by atoms with van der Waals surface area (Å²) in [5.41, 5.74) is 0.559. The Bertz CT molecular complexity index is 304. The molecular weight excluding hydrogens is 176 g/mol. The molecule has 13 heavy (non-hydrogen) atoms. The van der Waals surface area contributed by atoms with Gasteiger partial charge in [0.1, 0.15) is 5.69 Å². The van der Waals surface area contributed by atoms with Crippen LogP contribution in [0.2, 0.25) is 0 Å². The number of nitrogens with zero attached hydrogens (tertiary/aromatic N) is 2. The van der Waals surface area contributed by atoms with Crippen molar-refractivity contribution in [1.82, 2.24) is 15.1 Å². The van der Waals surface area contributed by atoms with Crippen molar-refractivity contribution in [2.45, 2.75) is 18.9 Å². The van der Waals surface area contributed by atoms with Crippen LogP contribution in [-0.2, 0) is 7.05 Å². The first-order chi connectivity index (χ1) is 6.18. The summed E-state index contributed by atoms with van der Waals surface area (Å²) in [4.78, 5) is 0. The lowest BCUT2D eigenvalue weighted by atomic mass is 9.99. The summed E-state index contributed by atoms with van der Waals surface area (Å²) < 4.78 is 26.4. The van der Waals surface area contributed by atoms with Crippen LogP contribution in [0.15, 0.2) is 6.20 Å². The Kier molecular flexibility index (Phi) is 2.03. The van der Waals surface area contributed by atoms with Gasteiger partial charge in [0, 0.05) is 24.8 Å². The SMILES string of the molecule is Cn1cc(C2CCN2)c(C(F)F)n1. The second kappa shape index (κ2) is 3.06. The molecule has 1 N–H and O–H groups in total. The van der Waals surface area contributed by atoms with Crippen molar-refractivity contribution < 1.29 is 8.78 Å². The van der Waals surface area contributed by atoms with Crippen molar-refractivity contribution in [3.63, 3.8) is 0 Å². The molecule has 1 aliphatic rings. The zero-order valence-electron chi connectivity index (χ0n) is 7.30. The molecule has 0 aliphatic carbocycles. The van der Waals surface area contributed by atoms with Crippen LogP contribution < -0.4 is 5.32 Å². The smallest absolute Gasteiger partial charge is 0.282 e. The highest BCUT2D eigenvalue weighted by Gasteiger charge is 2.27. The molecule has 1 saturated heterocycles. The molecule has 2 rings (SSSR count). The minimum atomic E-state index is -2.47. The molecule has 1 aliphatic heterocycles. The second-order valence-corrected chi connectivity index (χ2v) is 3.24. The number of aryl methyl sites for hydroxylation is 1. The van der Waals surface area contributed by atoms with E-state index in [1.165, 1.54) is 4.68 Å². The molecule has 0 saturated carbocycles. The van der Waals surface area contributed by atoms with Crippen LogP contribution in [0.3, 0.4) is 0 Å². The molecule has 72 valence electrons. The summed E-state index contributed by atoms with van der Waals surface area (Å²) in [6.45, 7) is 0.905. The molecule has 5 heteroatoms. The number of nitrogens with one attached hydrogen (secondary N) is 1. The van der Waals surface area contributed by atoms with Crippen LogP contribution in [-0.4, -0.2) is 16.3 Å². The van der Waals surface area contributed by atoms with Crippen molar-refractivity contribution in [3.8, 4) is 0 Å². The summed E-state index contributed by atoms with van der Waals surface area (Å²) >= 11 is 0. The van der Waals surface area contributed by atoms with Gasteiger partial charge in [0.2, 0.25) is 0 Å². The maximum absolute atomic E-state index is 12.5. The number of rotatable bonds is 2. The average molecular weight is 187 g/mol. The Balaban J connectivity index is 2.31. The fourth-order valence-electron chi connectivity index (χ4n) is 1.52. The summed E-state index contributed by atoms with van der Waals surface area (Å²) in [6.07, 6.45) is 0.114. The number of aromatic nitrogens is 2. The molecule has 3 nitrogen and oxygen atoms in total. The maximum Gasteiger partial charge on any atom is 0.282 e. The van der Waals surface area contributed by atoms with Crippen LogP contribution in [0.1, 0.15) is 30.1 Å². The Morgan fingerprint density at radius 1 is 1.69 bits per heavy atom. The first-order valence-electron chi connectivity index (χ1n) is 4.23. The average Bonchev–Trinajstić information content (AvgIpc) is 2.27. The topological polar surface area (TPSA) is 29.9 Å². The first kappa shape index (κ1) is 8.62. The Hall–Kier alpha value is -0.970. The predicted octanol–water partition coefficient (Wildman–Crippen LogP) is 1.39. The predicted molar refractivity (Wildman–Crippen MR) is 43.5 cm³/mol. The Morgan fingerprint density at radius 3 is 2.85 bits per heavy atom. The van der Waals surface area contributed by atoms with Crippen molar-refractivity contribution >= 4 is 0 Å². The zero-order chi connectivity index (χ0) is 9.42. The van der Waals surface area contributed by atoms with Crippen molar-refractivity contribution in [3.05, 3.63) is 17.5 Å². The molecule has 0 radical (unpaired) electrons. The van der Waals surface area contributed by atoms with E-state index in [0.29, 0.717) is 5.56 Å². The number of hydrogen-bond acceptors (Lipinski definition) is 2. The Labute approximate surface area is 74.7 Å². The lowest BCUT2D eigenvalue weighted by molar-refractivity contribution is 0.142. The highest BCUT2D eigenvalue weighted by Crippen LogP contribution is 2.30. The van der Waals surface area contributed by atoms with E-state index in [9.17, 15) is 8.78 Å². The van der Waals surface area contributed by atoms with Gasteiger partial charge < -0.3 is 5.32 Å². The van der Waals surface area contributed by atoms with Gasteiger partial charge >= 0.3 is 0 Å². The third-order valence-corrected chi connectivity index (χ3v) is 2.29. The zero-order valence-corrected chi connectivity index (χ0v) is 7.30. The third kappa shape index (κ3) is 1.44. The third-order valence-electron chi connectivity index (χ3n) is 2.29. The maximum atomic E-state index is 12.5. The molecule has 0 amide bonds. The van der Waals surface area contributed by atoms with E-state index >= 15 is 0 Å². The molecule has 2 heterocycles. The number of hydrogen-bond donors (Lipinski definition) is 1. The Morgan fingerprint density at radius 2 is 2.38 bits per heavy atom. The molecule has 0 bridgehead atoms. The van der Waals surface area contributed by atoms with E-state index in [1.54, 1.807) is 13.2 Å². The van der Waals surface area contributed by atoms with Crippen LogP contribution in [0.4, 0.5) is 8.78 Å². The van der Waals surface area contributed by atoms with Crippen LogP contribution >= 0.6 is 0 Å². The lowest BCUT2D eigenvalue weighted by Crippen LogP contribution is -2.35. The molecule has 1 aromatic rings. The van der Waals surface area contributed by atoms with Crippen LogP contribution in [0, 0.1) is 0 Å². The van der Waals surface area contributed by atoms with Gasteiger partial charge in [-0.25, -0.2) is 8.78 Å². The highest BCUT2D eigenvalue weighted by molar-refractivity contribution is 5.24. The standard InChI is InChI=1S/C8H11F2N3/c1-13-4-5(6-2-3-11-6)7(12-13)8(9)10/h4,6,8,11H,2-3H2,1H3. The number of halogens is 2. The summed E-state index contributed by atoms with van der Waals surface area (Å²) in [6, 6.07) is 0.0812. The molecule has 1 atom stereocenters. The van der Waals surface area contributed by atoms with Gasteiger partial charge in [-0.3, -0.25) is 4.68 Å².